The summed E-state index contributed by atoms with van der Waals surface area (Å²) in [6.07, 6.45) is 0. The smallest absolute Gasteiger partial charge is 0.419 e. The molecule has 0 saturated carbocycles. The molecule has 5 aromatic rings. The van der Waals surface area contributed by atoms with Gasteiger partial charge in [-0.15, -0.1) is 0 Å². The highest BCUT2D eigenvalue weighted by Crippen LogP contribution is 2.45. The standard InChI is InChI=1S/C29H22N2O4/c1-30-24-15-22(25(32)16-26(24)35-29(30)34)27-21-9-5-6-10-23(21)31(28(27)33)17-18-11-13-20(14-12-18)19-7-3-2-4-8-19/h2-16,27,32H,17H2,1H3. The number of aromatic hydroxyl groups is 1. The summed E-state index contributed by atoms with van der Waals surface area (Å²) >= 11 is 0. The average molecular weight is 463 g/mol. The molecule has 2 heterocycles. The fraction of sp³-hybridized carbons (Fsp3) is 0.103. The molecule has 4 aromatic carbocycles. The van der Waals surface area contributed by atoms with Crippen molar-refractivity contribution in [3.63, 3.8) is 0 Å². The second-order valence-corrected chi connectivity index (χ2v) is 8.78. The normalized spacial score (nSPS) is 15.1. The van der Waals surface area contributed by atoms with Gasteiger partial charge in [0.2, 0.25) is 5.91 Å². The van der Waals surface area contributed by atoms with Gasteiger partial charge >= 0.3 is 5.76 Å². The van der Waals surface area contributed by atoms with E-state index in [9.17, 15) is 14.7 Å². The Bertz CT molecular complexity index is 1630. The molecule has 35 heavy (non-hydrogen) atoms. The number of carbonyl (C=O) groups is 1. The molecule has 0 spiro atoms. The second-order valence-electron chi connectivity index (χ2n) is 8.78. The first-order valence-corrected chi connectivity index (χ1v) is 11.4. The molecule has 1 amide bonds. The van der Waals surface area contributed by atoms with Crippen LogP contribution in [0.1, 0.15) is 22.6 Å². The molecular weight excluding hydrogens is 440 g/mol. The number of aromatic nitrogens is 1. The number of fused-ring (bicyclic) bond motifs is 2. The summed E-state index contributed by atoms with van der Waals surface area (Å²) in [4.78, 5) is 27.5. The van der Waals surface area contributed by atoms with Gasteiger partial charge in [0.25, 0.3) is 0 Å². The van der Waals surface area contributed by atoms with Gasteiger partial charge in [0.05, 0.1) is 18.0 Å². The van der Waals surface area contributed by atoms with Crippen LogP contribution < -0.4 is 10.7 Å². The van der Waals surface area contributed by atoms with Gasteiger partial charge in [-0.2, -0.15) is 0 Å². The van der Waals surface area contributed by atoms with Crippen molar-refractivity contribution in [2.24, 2.45) is 7.05 Å². The van der Waals surface area contributed by atoms with E-state index in [1.807, 2.05) is 54.6 Å². The number of oxazole rings is 1. The third kappa shape index (κ3) is 3.42. The molecule has 6 heteroatoms. The number of aryl methyl sites for hydroxylation is 1. The van der Waals surface area contributed by atoms with Gasteiger partial charge in [-0.25, -0.2) is 4.79 Å². The highest BCUT2D eigenvalue weighted by atomic mass is 16.4. The summed E-state index contributed by atoms with van der Waals surface area (Å²) in [5.41, 5.74) is 6.16. The number of hydrogen-bond acceptors (Lipinski definition) is 4. The number of carbonyl (C=O) groups excluding carboxylic acids is 1. The maximum atomic E-state index is 13.8. The number of benzene rings is 4. The van der Waals surface area contributed by atoms with Crippen LogP contribution in [0, 0.1) is 0 Å². The molecule has 0 fully saturated rings. The lowest BCUT2D eigenvalue weighted by atomic mass is 9.91. The number of nitrogens with zero attached hydrogens (tertiary/aromatic N) is 2. The van der Waals surface area contributed by atoms with Crippen molar-refractivity contribution in [3.05, 3.63) is 118 Å². The van der Waals surface area contributed by atoms with Crippen molar-refractivity contribution in [1.82, 2.24) is 4.57 Å². The Labute approximate surface area is 201 Å². The Morgan fingerprint density at radius 2 is 1.51 bits per heavy atom. The van der Waals surface area contributed by atoms with Crippen molar-refractivity contribution in [2.45, 2.75) is 12.5 Å². The molecule has 6 nitrogen and oxygen atoms in total. The minimum atomic E-state index is -0.677. The van der Waals surface area contributed by atoms with Crippen LogP contribution in [-0.2, 0) is 18.4 Å². The van der Waals surface area contributed by atoms with Crippen LogP contribution >= 0.6 is 0 Å². The SMILES string of the molecule is Cn1c(=O)oc2cc(O)c(C3C(=O)N(Cc4ccc(-c5ccccc5)cc4)c4ccccc43)cc21. The summed E-state index contributed by atoms with van der Waals surface area (Å²) in [5, 5.41) is 10.8. The Morgan fingerprint density at radius 3 is 2.29 bits per heavy atom. The molecule has 1 unspecified atom stereocenters. The maximum absolute atomic E-state index is 13.8. The monoisotopic (exact) mass is 462 g/mol. The van der Waals surface area contributed by atoms with Crippen molar-refractivity contribution < 1.29 is 14.3 Å². The zero-order chi connectivity index (χ0) is 24.1. The predicted molar refractivity (Wildman–Crippen MR) is 134 cm³/mol. The fourth-order valence-corrected chi connectivity index (χ4v) is 4.87. The number of rotatable bonds is 4. The van der Waals surface area contributed by atoms with Gasteiger partial charge in [0.1, 0.15) is 5.75 Å². The van der Waals surface area contributed by atoms with Crippen LogP contribution in [0.2, 0.25) is 0 Å². The van der Waals surface area contributed by atoms with E-state index < -0.39 is 11.7 Å². The van der Waals surface area contributed by atoms with Gasteiger partial charge in [0, 0.05) is 24.4 Å². The van der Waals surface area contributed by atoms with E-state index in [0.29, 0.717) is 17.6 Å². The molecule has 0 bridgehead atoms. The average Bonchev–Trinajstić information content (AvgIpc) is 3.31. The number of para-hydroxylation sites is 1. The molecule has 1 aromatic heterocycles. The molecule has 1 aliphatic rings. The van der Waals surface area contributed by atoms with Crippen molar-refractivity contribution in [2.75, 3.05) is 4.90 Å². The number of hydrogen-bond donors (Lipinski definition) is 1. The van der Waals surface area contributed by atoms with Crippen LogP contribution in [0.15, 0.2) is 100 Å². The van der Waals surface area contributed by atoms with Crippen LogP contribution in [-0.4, -0.2) is 15.6 Å². The van der Waals surface area contributed by atoms with Crippen LogP contribution in [0.4, 0.5) is 5.69 Å². The first-order chi connectivity index (χ1) is 17.0. The molecular formula is C29H22N2O4. The number of phenols is 1. The summed E-state index contributed by atoms with van der Waals surface area (Å²) in [7, 11) is 1.60. The zero-order valence-corrected chi connectivity index (χ0v) is 19.0. The Morgan fingerprint density at radius 1 is 0.829 bits per heavy atom. The van der Waals surface area contributed by atoms with Gasteiger partial charge in [-0.05, 0) is 34.4 Å². The summed E-state index contributed by atoms with van der Waals surface area (Å²) in [6, 6.07) is 29.1. The lowest BCUT2D eigenvalue weighted by Gasteiger charge is -2.19. The van der Waals surface area contributed by atoms with Gasteiger partial charge < -0.3 is 14.4 Å². The van der Waals surface area contributed by atoms with E-state index in [1.54, 1.807) is 18.0 Å². The quantitative estimate of drug-likeness (QED) is 0.399. The lowest BCUT2D eigenvalue weighted by molar-refractivity contribution is -0.118. The van der Waals surface area contributed by atoms with Crippen molar-refractivity contribution in [1.29, 1.82) is 0 Å². The Kier molecular flexibility index (Phi) is 4.81. The number of phenolic OH excluding ortho intramolecular Hbond substituents is 1. The molecule has 1 N–H and O–H groups in total. The van der Waals surface area contributed by atoms with Crippen LogP contribution in [0.25, 0.3) is 22.2 Å². The van der Waals surface area contributed by atoms with Crippen molar-refractivity contribution >= 4 is 22.7 Å². The van der Waals surface area contributed by atoms with Gasteiger partial charge in [-0.3, -0.25) is 9.36 Å². The highest BCUT2D eigenvalue weighted by molar-refractivity contribution is 6.07. The molecule has 6 rings (SSSR count). The second kappa shape index (κ2) is 8.02. The molecule has 0 radical (unpaired) electrons. The highest BCUT2D eigenvalue weighted by Gasteiger charge is 2.39. The first-order valence-electron chi connectivity index (χ1n) is 11.4. The molecule has 1 atom stereocenters. The van der Waals surface area contributed by atoms with Crippen LogP contribution in [0.5, 0.6) is 5.75 Å². The van der Waals surface area contributed by atoms with E-state index in [-0.39, 0.29) is 17.2 Å². The molecule has 172 valence electrons. The third-order valence-electron chi connectivity index (χ3n) is 6.71. The van der Waals surface area contributed by atoms with E-state index in [2.05, 4.69) is 24.3 Å². The van der Waals surface area contributed by atoms with E-state index in [0.717, 1.165) is 27.9 Å². The fourth-order valence-electron chi connectivity index (χ4n) is 4.87. The third-order valence-corrected chi connectivity index (χ3v) is 6.71. The minimum absolute atomic E-state index is 0.0749. The summed E-state index contributed by atoms with van der Waals surface area (Å²) in [6.45, 7) is 0.411. The van der Waals surface area contributed by atoms with Gasteiger partial charge in [0.15, 0.2) is 5.58 Å². The Hall–Kier alpha value is -4.58. The largest absolute Gasteiger partial charge is 0.507 e. The first kappa shape index (κ1) is 21.0. The van der Waals surface area contributed by atoms with E-state index in [1.165, 1.54) is 10.6 Å². The summed E-state index contributed by atoms with van der Waals surface area (Å²) in [5.74, 6) is -1.39. The zero-order valence-electron chi connectivity index (χ0n) is 19.0. The topological polar surface area (TPSA) is 75.7 Å². The van der Waals surface area contributed by atoms with Crippen molar-refractivity contribution in [3.8, 4) is 16.9 Å². The maximum Gasteiger partial charge on any atom is 0.419 e. The lowest BCUT2D eigenvalue weighted by Crippen LogP contribution is -2.28. The number of anilines is 1. The number of amides is 1. The molecule has 0 saturated heterocycles. The van der Waals surface area contributed by atoms with E-state index in [4.69, 9.17) is 4.42 Å². The Balaban J connectivity index is 1.37. The summed E-state index contributed by atoms with van der Waals surface area (Å²) < 4.78 is 6.56. The molecule has 0 aliphatic carbocycles. The van der Waals surface area contributed by atoms with Gasteiger partial charge in [-0.1, -0.05) is 72.8 Å². The molecule has 1 aliphatic heterocycles. The van der Waals surface area contributed by atoms with Crippen LogP contribution in [0.3, 0.4) is 0 Å². The van der Waals surface area contributed by atoms with E-state index >= 15 is 0 Å². The minimum Gasteiger partial charge on any atom is -0.507 e. The predicted octanol–water partition coefficient (Wildman–Crippen LogP) is 5.18.